The van der Waals surface area contributed by atoms with E-state index >= 15 is 0 Å². The lowest BCUT2D eigenvalue weighted by Crippen LogP contribution is -2.21. The fourth-order valence-electron chi connectivity index (χ4n) is 1.77. The highest BCUT2D eigenvalue weighted by Crippen LogP contribution is 2.27. The SMILES string of the molecule is CC[C@H](C)C(=O)Nc1c(C)cccc1C(C)C. The average Bonchev–Trinajstić information content (AvgIpc) is 2.30. The van der Waals surface area contributed by atoms with Crippen molar-refractivity contribution in [1.29, 1.82) is 0 Å². The summed E-state index contributed by atoms with van der Waals surface area (Å²) in [6.07, 6.45) is 0.870. The van der Waals surface area contributed by atoms with Crippen molar-refractivity contribution in [3.8, 4) is 0 Å². The Morgan fingerprint density at radius 2 is 1.94 bits per heavy atom. The third-order valence-electron chi connectivity index (χ3n) is 3.24. The number of para-hydroxylation sites is 1. The van der Waals surface area contributed by atoms with E-state index in [9.17, 15) is 4.79 Å². The van der Waals surface area contributed by atoms with Crippen LogP contribution in [0, 0.1) is 12.8 Å². The molecule has 2 nitrogen and oxygen atoms in total. The van der Waals surface area contributed by atoms with Gasteiger partial charge in [0.25, 0.3) is 0 Å². The van der Waals surface area contributed by atoms with Gasteiger partial charge >= 0.3 is 0 Å². The Hall–Kier alpha value is -1.31. The number of aryl methyl sites for hydroxylation is 1. The van der Waals surface area contributed by atoms with Gasteiger partial charge in [-0.25, -0.2) is 0 Å². The molecule has 0 saturated carbocycles. The molecule has 94 valence electrons. The molecule has 1 aromatic rings. The zero-order valence-electron chi connectivity index (χ0n) is 11.5. The minimum absolute atomic E-state index is 0.0645. The van der Waals surface area contributed by atoms with E-state index in [1.807, 2.05) is 32.9 Å². The van der Waals surface area contributed by atoms with Crippen LogP contribution < -0.4 is 5.32 Å². The molecule has 0 spiro atoms. The first-order valence-electron chi connectivity index (χ1n) is 6.37. The Morgan fingerprint density at radius 3 is 2.47 bits per heavy atom. The highest BCUT2D eigenvalue weighted by Gasteiger charge is 2.15. The Morgan fingerprint density at radius 1 is 1.29 bits per heavy atom. The van der Waals surface area contributed by atoms with Gasteiger partial charge in [-0.05, 0) is 30.4 Å². The van der Waals surface area contributed by atoms with Crippen molar-refractivity contribution >= 4 is 11.6 Å². The maximum absolute atomic E-state index is 12.0. The van der Waals surface area contributed by atoms with Crippen molar-refractivity contribution in [2.45, 2.75) is 47.0 Å². The van der Waals surface area contributed by atoms with Gasteiger partial charge in [0.1, 0.15) is 0 Å². The van der Waals surface area contributed by atoms with Crippen LogP contribution in [0.3, 0.4) is 0 Å². The third kappa shape index (κ3) is 3.32. The number of carbonyl (C=O) groups excluding carboxylic acids is 1. The maximum atomic E-state index is 12.0. The molecular formula is C15H23NO. The van der Waals surface area contributed by atoms with Gasteiger partial charge in [0.2, 0.25) is 5.91 Å². The Balaban J connectivity index is 3.01. The molecule has 0 bridgehead atoms. The predicted octanol–water partition coefficient (Wildman–Crippen LogP) is 4.10. The average molecular weight is 233 g/mol. The monoisotopic (exact) mass is 233 g/mol. The smallest absolute Gasteiger partial charge is 0.227 e. The second-order valence-corrected chi connectivity index (χ2v) is 4.99. The van der Waals surface area contributed by atoms with Crippen molar-refractivity contribution in [3.63, 3.8) is 0 Å². The molecular weight excluding hydrogens is 210 g/mol. The van der Waals surface area contributed by atoms with Gasteiger partial charge in [-0.3, -0.25) is 4.79 Å². The van der Waals surface area contributed by atoms with Crippen LogP contribution in [0.15, 0.2) is 18.2 Å². The first kappa shape index (κ1) is 13.8. The fraction of sp³-hybridized carbons (Fsp3) is 0.533. The van der Waals surface area contributed by atoms with Gasteiger partial charge in [0.05, 0.1) is 0 Å². The van der Waals surface area contributed by atoms with Crippen LogP contribution in [0.4, 0.5) is 5.69 Å². The zero-order chi connectivity index (χ0) is 13.0. The van der Waals surface area contributed by atoms with Crippen LogP contribution in [0.25, 0.3) is 0 Å². The van der Waals surface area contributed by atoms with E-state index in [2.05, 4.69) is 25.2 Å². The molecule has 0 heterocycles. The van der Waals surface area contributed by atoms with Crippen LogP contribution in [-0.2, 0) is 4.79 Å². The normalized spacial score (nSPS) is 12.6. The number of anilines is 1. The molecule has 17 heavy (non-hydrogen) atoms. The maximum Gasteiger partial charge on any atom is 0.227 e. The topological polar surface area (TPSA) is 29.1 Å². The lowest BCUT2D eigenvalue weighted by molar-refractivity contribution is -0.119. The van der Waals surface area contributed by atoms with Crippen molar-refractivity contribution < 1.29 is 4.79 Å². The van der Waals surface area contributed by atoms with Crippen molar-refractivity contribution in [1.82, 2.24) is 0 Å². The van der Waals surface area contributed by atoms with Crippen LogP contribution in [0.1, 0.15) is 51.2 Å². The van der Waals surface area contributed by atoms with Crippen LogP contribution in [-0.4, -0.2) is 5.91 Å². The van der Waals surface area contributed by atoms with Crippen LogP contribution in [0.5, 0.6) is 0 Å². The molecule has 2 heteroatoms. The summed E-state index contributed by atoms with van der Waals surface area (Å²) in [6, 6.07) is 6.17. The molecule has 1 aromatic carbocycles. The molecule has 1 rings (SSSR count). The molecule has 1 amide bonds. The summed E-state index contributed by atoms with van der Waals surface area (Å²) in [5.41, 5.74) is 3.34. The molecule has 0 saturated heterocycles. The number of carbonyl (C=O) groups is 1. The summed E-state index contributed by atoms with van der Waals surface area (Å²) in [6.45, 7) is 10.3. The second kappa shape index (κ2) is 5.85. The molecule has 0 aliphatic rings. The first-order valence-corrected chi connectivity index (χ1v) is 6.37. The van der Waals surface area contributed by atoms with E-state index < -0.39 is 0 Å². The van der Waals surface area contributed by atoms with Crippen LogP contribution in [0.2, 0.25) is 0 Å². The third-order valence-corrected chi connectivity index (χ3v) is 3.24. The lowest BCUT2D eigenvalue weighted by Gasteiger charge is -2.18. The van der Waals surface area contributed by atoms with Crippen LogP contribution >= 0.6 is 0 Å². The predicted molar refractivity (Wildman–Crippen MR) is 73.4 cm³/mol. The lowest BCUT2D eigenvalue weighted by atomic mass is 9.97. The highest BCUT2D eigenvalue weighted by atomic mass is 16.1. The van der Waals surface area contributed by atoms with E-state index in [1.165, 1.54) is 5.56 Å². The second-order valence-electron chi connectivity index (χ2n) is 4.99. The largest absolute Gasteiger partial charge is 0.325 e. The van der Waals surface area contributed by atoms with Crippen molar-refractivity contribution in [2.75, 3.05) is 5.32 Å². The van der Waals surface area contributed by atoms with E-state index in [0.717, 1.165) is 17.7 Å². The van der Waals surface area contributed by atoms with E-state index in [4.69, 9.17) is 0 Å². The Kier molecular flexibility index (Phi) is 4.73. The fourth-order valence-corrected chi connectivity index (χ4v) is 1.77. The summed E-state index contributed by atoms with van der Waals surface area (Å²) in [7, 11) is 0. The van der Waals surface area contributed by atoms with Crippen molar-refractivity contribution in [2.24, 2.45) is 5.92 Å². The Labute approximate surface area is 104 Å². The van der Waals surface area contributed by atoms with Gasteiger partial charge in [-0.15, -0.1) is 0 Å². The highest BCUT2D eigenvalue weighted by molar-refractivity contribution is 5.93. The molecule has 0 fully saturated rings. The van der Waals surface area contributed by atoms with Gasteiger partial charge in [0.15, 0.2) is 0 Å². The summed E-state index contributed by atoms with van der Waals surface area (Å²) >= 11 is 0. The molecule has 0 aliphatic heterocycles. The van der Waals surface area contributed by atoms with Gasteiger partial charge in [0, 0.05) is 11.6 Å². The number of hydrogen-bond acceptors (Lipinski definition) is 1. The quantitative estimate of drug-likeness (QED) is 0.833. The molecule has 0 aliphatic carbocycles. The summed E-state index contributed by atoms with van der Waals surface area (Å²) in [5.74, 6) is 0.598. The number of hydrogen-bond donors (Lipinski definition) is 1. The number of nitrogens with one attached hydrogen (secondary N) is 1. The van der Waals surface area contributed by atoms with Gasteiger partial charge in [-0.1, -0.05) is 45.9 Å². The van der Waals surface area contributed by atoms with E-state index in [0.29, 0.717) is 5.92 Å². The molecule has 1 N–H and O–H groups in total. The molecule has 0 unspecified atom stereocenters. The summed E-state index contributed by atoms with van der Waals surface area (Å²) < 4.78 is 0. The summed E-state index contributed by atoms with van der Waals surface area (Å²) in [4.78, 5) is 12.0. The molecule has 0 aromatic heterocycles. The minimum atomic E-state index is 0.0645. The number of benzene rings is 1. The zero-order valence-corrected chi connectivity index (χ0v) is 11.5. The first-order chi connectivity index (χ1) is 7.97. The molecule has 1 atom stereocenters. The Bertz CT molecular complexity index is 396. The number of rotatable bonds is 4. The van der Waals surface area contributed by atoms with E-state index in [-0.39, 0.29) is 11.8 Å². The minimum Gasteiger partial charge on any atom is -0.325 e. The van der Waals surface area contributed by atoms with E-state index in [1.54, 1.807) is 0 Å². The van der Waals surface area contributed by atoms with Gasteiger partial charge in [-0.2, -0.15) is 0 Å². The molecule has 0 radical (unpaired) electrons. The standard InChI is InChI=1S/C15H23NO/c1-6-11(4)15(17)16-14-12(5)8-7-9-13(14)10(2)3/h7-11H,6H2,1-5H3,(H,16,17)/t11-/m0/s1. The number of amides is 1. The van der Waals surface area contributed by atoms with Gasteiger partial charge < -0.3 is 5.32 Å². The summed E-state index contributed by atoms with van der Waals surface area (Å²) in [5, 5.41) is 3.07. The van der Waals surface area contributed by atoms with Crippen molar-refractivity contribution in [3.05, 3.63) is 29.3 Å².